The molecule has 2 saturated heterocycles. The predicted octanol–water partition coefficient (Wildman–Crippen LogP) is 2.60. The molecule has 2 aliphatic heterocycles. The van der Waals surface area contributed by atoms with E-state index in [-0.39, 0.29) is 12.0 Å². The van der Waals surface area contributed by atoms with Gasteiger partial charge in [0.25, 0.3) is 0 Å². The van der Waals surface area contributed by atoms with Crippen molar-refractivity contribution in [3.8, 4) is 0 Å². The van der Waals surface area contributed by atoms with Gasteiger partial charge in [0.1, 0.15) is 0 Å². The zero-order valence-electron chi connectivity index (χ0n) is 13.3. The summed E-state index contributed by atoms with van der Waals surface area (Å²) in [5, 5.41) is 9.35. The molecule has 0 aliphatic carbocycles. The molecule has 2 rings (SSSR count). The number of hydrogen-bond acceptors (Lipinski definition) is 3. The van der Waals surface area contributed by atoms with Crippen molar-refractivity contribution in [3.63, 3.8) is 0 Å². The van der Waals surface area contributed by atoms with Crippen molar-refractivity contribution in [1.82, 2.24) is 9.80 Å². The number of hydrogen-bond donors (Lipinski definition) is 1. The molecule has 4 nitrogen and oxygen atoms in total. The number of nitrogens with zero attached hydrogens (tertiary/aromatic N) is 2. The molecule has 2 aliphatic rings. The van der Waals surface area contributed by atoms with Gasteiger partial charge in [0, 0.05) is 19.1 Å². The normalized spacial score (nSPS) is 29.0. The maximum Gasteiger partial charge on any atom is 0.308 e. The molecule has 0 aromatic carbocycles. The lowest BCUT2D eigenvalue weighted by atomic mass is 9.87. The van der Waals surface area contributed by atoms with E-state index in [1.807, 2.05) is 0 Å². The molecule has 4 heteroatoms. The molecule has 1 N–H and O–H groups in total. The number of piperidine rings is 2. The monoisotopic (exact) mass is 294 g/mol. The second-order valence-corrected chi connectivity index (χ2v) is 6.39. The zero-order valence-corrected chi connectivity index (χ0v) is 13.3. The van der Waals surface area contributed by atoms with Gasteiger partial charge in [-0.2, -0.15) is 0 Å². The Morgan fingerprint density at radius 3 is 2.48 bits per heavy atom. The van der Waals surface area contributed by atoms with Crippen LogP contribution in [0, 0.1) is 5.92 Å². The number of carboxylic acids is 1. The lowest BCUT2D eigenvalue weighted by Gasteiger charge is -2.38. The Morgan fingerprint density at radius 2 is 1.81 bits per heavy atom. The quantitative estimate of drug-likeness (QED) is 0.765. The van der Waals surface area contributed by atoms with E-state index in [2.05, 4.69) is 28.9 Å². The maximum absolute atomic E-state index is 11.4. The first kappa shape index (κ1) is 16.5. The lowest BCUT2D eigenvalue weighted by Crippen LogP contribution is -2.47. The first-order chi connectivity index (χ1) is 10.2. The third-order valence-corrected chi connectivity index (χ3v) is 4.95. The molecule has 0 spiro atoms. The number of rotatable bonds is 6. The van der Waals surface area contributed by atoms with E-state index in [1.165, 1.54) is 32.4 Å². The summed E-state index contributed by atoms with van der Waals surface area (Å²) in [5.74, 6) is -0.803. The van der Waals surface area contributed by atoms with Crippen LogP contribution in [-0.4, -0.2) is 59.6 Å². The highest BCUT2D eigenvalue weighted by atomic mass is 16.4. The fourth-order valence-electron chi connectivity index (χ4n) is 3.76. The van der Waals surface area contributed by atoms with Gasteiger partial charge in [-0.3, -0.25) is 14.6 Å². The van der Waals surface area contributed by atoms with Crippen molar-refractivity contribution in [3.05, 3.63) is 12.2 Å². The molecule has 0 bridgehead atoms. The fraction of sp³-hybridized carbons (Fsp3) is 0.824. The van der Waals surface area contributed by atoms with Gasteiger partial charge in [-0.15, -0.1) is 0 Å². The van der Waals surface area contributed by atoms with Gasteiger partial charge < -0.3 is 5.11 Å². The van der Waals surface area contributed by atoms with Crippen LogP contribution < -0.4 is 0 Å². The van der Waals surface area contributed by atoms with E-state index >= 15 is 0 Å². The average molecular weight is 294 g/mol. The summed E-state index contributed by atoms with van der Waals surface area (Å²) in [7, 11) is 0. The third-order valence-electron chi connectivity index (χ3n) is 4.95. The summed E-state index contributed by atoms with van der Waals surface area (Å²) in [6.07, 6.45) is 11.3. The second-order valence-electron chi connectivity index (χ2n) is 6.39. The maximum atomic E-state index is 11.4. The van der Waals surface area contributed by atoms with Crippen LogP contribution >= 0.6 is 0 Å². The number of carbonyl (C=O) groups is 1. The Hall–Kier alpha value is -0.870. The molecular formula is C17H30N2O2. The summed E-state index contributed by atoms with van der Waals surface area (Å²) < 4.78 is 0. The molecule has 0 radical (unpaired) electrons. The first-order valence-electron chi connectivity index (χ1n) is 8.56. The molecule has 2 heterocycles. The van der Waals surface area contributed by atoms with Crippen molar-refractivity contribution in [2.24, 2.45) is 5.92 Å². The van der Waals surface area contributed by atoms with E-state index in [0.29, 0.717) is 0 Å². The summed E-state index contributed by atoms with van der Waals surface area (Å²) >= 11 is 0. The molecule has 2 fully saturated rings. The summed E-state index contributed by atoms with van der Waals surface area (Å²) in [6, 6.07) is 0.205. The fourth-order valence-corrected chi connectivity index (χ4v) is 3.76. The van der Waals surface area contributed by atoms with Gasteiger partial charge in [0.15, 0.2) is 0 Å². The highest BCUT2D eigenvalue weighted by Crippen LogP contribution is 2.26. The lowest BCUT2D eigenvalue weighted by molar-refractivity contribution is -0.146. The van der Waals surface area contributed by atoms with Gasteiger partial charge in [-0.25, -0.2) is 0 Å². The van der Waals surface area contributed by atoms with Crippen LogP contribution in [0.5, 0.6) is 0 Å². The predicted molar refractivity (Wildman–Crippen MR) is 85.4 cm³/mol. The second kappa shape index (κ2) is 8.54. The smallest absolute Gasteiger partial charge is 0.308 e. The first-order valence-corrected chi connectivity index (χ1v) is 8.56. The standard InChI is InChI=1S/C17H30N2O2/c1-2-16-15(17(20)21)9-8-14-19(16)13-7-6-12-18-10-4-3-5-11-18/h6-7,15-16H,2-5,8-14H2,1H3,(H,20,21). The minimum absolute atomic E-state index is 0.181. The van der Waals surface area contributed by atoms with Crippen LogP contribution in [0.3, 0.4) is 0 Å². The summed E-state index contributed by atoms with van der Waals surface area (Å²) in [4.78, 5) is 16.2. The summed E-state index contributed by atoms with van der Waals surface area (Å²) in [6.45, 7) is 7.55. The van der Waals surface area contributed by atoms with Crippen LogP contribution in [0.1, 0.15) is 45.4 Å². The Balaban J connectivity index is 1.78. The zero-order chi connectivity index (χ0) is 15.1. The third kappa shape index (κ3) is 4.82. The molecule has 0 aromatic heterocycles. The molecule has 0 amide bonds. The molecule has 0 saturated carbocycles. The summed E-state index contributed by atoms with van der Waals surface area (Å²) in [5.41, 5.74) is 0. The highest BCUT2D eigenvalue weighted by Gasteiger charge is 2.33. The number of likely N-dealkylation sites (tertiary alicyclic amines) is 2. The van der Waals surface area contributed by atoms with Crippen LogP contribution in [-0.2, 0) is 4.79 Å². The molecule has 120 valence electrons. The minimum atomic E-state index is -0.621. The van der Waals surface area contributed by atoms with Gasteiger partial charge in [-0.05, 0) is 51.7 Å². The molecular weight excluding hydrogens is 264 g/mol. The van der Waals surface area contributed by atoms with Crippen LogP contribution in [0.25, 0.3) is 0 Å². The van der Waals surface area contributed by atoms with Crippen LogP contribution in [0.4, 0.5) is 0 Å². The molecule has 21 heavy (non-hydrogen) atoms. The Morgan fingerprint density at radius 1 is 1.10 bits per heavy atom. The van der Waals surface area contributed by atoms with Crippen molar-refractivity contribution in [2.75, 3.05) is 32.7 Å². The largest absolute Gasteiger partial charge is 0.481 e. The van der Waals surface area contributed by atoms with E-state index in [4.69, 9.17) is 0 Å². The van der Waals surface area contributed by atoms with E-state index in [1.54, 1.807) is 0 Å². The Kier molecular flexibility index (Phi) is 6.71. The highest BCUT2D eigenvalue weighted by molar-refractivity contribution is 5.71. The van der Waals surface area contributed by atoms with Crippen LogP contribution in [0.15, 0.2) is 12.2 Å². The van der Waals surface area contributed by atoms with Crippen molar-refractivity contribution in [1.29, 1.82) is 0 Å². The topological polar surface area (TPSA) is 43.8 Å². The molecule has 0 aromatic rings. The minimum Gasteiger partial charge on any atom is -0.481 e. The average Bonchev–Trinajstić information content (AvgIpc) is 2.52. The van der Waals surface area contributed by atoms with Crippen LogP contribution in [0.2, 0.25) is 0 Å². The Labute approximate surface area is 128 Å². The van der Waals surface area contributed by atoms with Crippen molar-refractivity contribution >= 4 is 5.97 Å². The van der Waals surface area contributed by atoms with Crippen molar-refractivity contribution < 1.29 is 9.90 Å². The van der Waals surface area contributed by atoms with E-state index in [9.17, 15) is 9.90 Å². The van der Waals surface area contributed by atoms with Crippen molar-refractivity contribution in [2.45, 2.75) is 51.5 Å². The Bertz CT molecular complexity index is 351. The van der Waals surface area contributed by atoms with E-state index < -0.39 is 5.97 Å². The number of aliphatic carboxylic acids is 1. The molecule has 2 unspecified atom stereocenters. The molecule has 2 atom stereocenters. The van der Waals surface area contributed by atoms with Gasteiger partial charge >= 0.3 is 5.97 Å². The SMILES string of the molecule is CCC1C(C(=O)O)CCCN1CC=CCN1CCCCC1. The van der Waals surface area contributed by atoms with Gasteiger partial charge in [-0.1, -0.05) is 25.5 Å². The van der Waals surface area contributed by atoms with Gasteiger partial charge in [0.05, 0.1) is 5.92 Å². The van der Waals surface area contributed by atoms with Gasteiger partial charge in [0.2, 0.25) is 0 Å². The van der Waals surface area contributed by atoms with E-state index in [0.717, 1.165) is 38.9 Å². The number of carboxylic acid groups (broad SMARTS) is 1.